The normalized spacial score (nSPS) is 15.4. The van der Waals surface area contributed by atoms with Gasteiger partial charge in [-0.3, -0.25) is 14.6 Å². The van der Waals surface area contributed by atoms with E-state index in [1.165, 1.54) is 7.11 Å². The van der Waals surface area contributed by atoms with E-state index in [4.69, 9.17) is 4.74 Å². The molecule has 148 valence electrons. The number of likely N-dealkylation sites (tertiary alicyclic amines) is 1. The lowest BCUT2D eigenvalue weighted by atomic mass is 9.97. The Kier molecular flexibility index (Phi) is 8.10. The molecule has 7 heteroatoms. The van der Waals surface area contributed by atoms with Gasteiger partial charge in [-0.2, -0.15) is 0 Å². The number of aliphatic imine (C=N–C) groups is 1. The predicted molar refractivity (Wildman–Crippen MR) is 106 cm³/mol. The van der Waals surface area contributed by atoms with Gasteiger partial charge in [-0.25, -0.2) is 0 Å². The minimum Gasteiger partial charge on any atom is -0.469 e. The summed E-state index contributed by atoms with van der Waals surface area (Å²) in [6.07, 6.45) is 1.53. The Labute approximate surface area is 161 Å². The number of aryl methyl sites for hydroxylation is 1. The van der Waals surface area contributed by atoms with Crippen molar-refractivity contribution in [1.29, 1.82) is 0 Å². The molecule has 0 bridgehead atoms. The fourth-order valence-corrected chi connectivity index (χ4v) is 3.14. The largest absolute Gasteiger partial charge is 0.469 e. The minimum atomic E-state index is -0.129. The average Bonchev–Trinajstić information content (AvgIpc) is 2.69. The van der Waals surface area contributed by atoms with E-state index < -0.39 is 0 Å². The highest BCUT2D eigenvalue weighted by molar-refractivity contribution is 5.94. The number of hydrogen-bond donors (Lipinski definition) is 2. The number of nitrogens with zero attached hydrogens (tertiary/aromatic N) is 2. The molecule has 0 aliphatic carbocycles. The lowest BCUT2D eigenvalue weighted by Crippen LogP contribution is -2.47. The molecule has 0 aromatic heterocycles. The zero-order chi connectivity index (χ0) is 19.6. The lowest BCUT2D eigenvalue weighted by Gasteiger charge is -2.33. The van der Waals surface area contributed by atoms with Gasteiger partial charge in [0.2, 0.25) is 0 Å². The zero-order valence-corrected chi connectivity index (χ0v) is 16.5. The summed E-state index contributed by atoms with van der Waals surface area (Å²) >= 11 is 0. The summed E-state index contributed by atoms with van der Waals surface area (Å²) in [6.45, 7) is 7.26. The molecule has 2 rings (SSSR count). The van der Waals surface area contributed by atoms with E-state index in [9.17, 15) is 9.59 Å². The van der Waals surface area contributed by atoms with Crippen LogP contribution < -0.4 is 10.6 Å². The first-order chi connectivity index (χ1) is 13.0. The van der Waals surface area contributed by atoms with Crippen LogP contribution in [0.25, 0.3) is 0 Å². The summed E-state index contributed by atoms with van der Waals surface area (Å²) in [6, 6.07) is 7.52. The van der Waals surface area contributed by atoms with Crippen molar-refractivity contribution in [3.8, 4) is 0 Å². The molecule has 1 fully saturated rings. The SMILES string of the molecule is CCNC(=NCCNC(=O)c1cccc(C)c1)N1CCC(C(=O)OC)CC1. The predicted octanol–water partition coefficient (Wildman–Crippen LogP) is 1.58. The molecule has 0 unspecified atom stereocenters. The summed E-state index contributed by atoms with van der Waals surface area (Å²) in [4.78, 5) is 30.6. The number of carbonyl (C=O) groups excluding carboxylic acids is 2. The number of ether oxygens (including phenoxy) is 1. The number of piperidine rings is 1. The Hall–Kier alpha value is -2.57. The third kappa shape index (κ3) is 6.27. The van der Waals surface area contributed by atoms with Gasteiger partial charge in [0.05, 0.1) is 19.6 Å². The third-order valence-electron chi connectivity index (χ3n) is 4.60. The number of methoxy groups -OCH3 is 1. The number of benzene rings is 1. The maximum atomic E-state index is 12.2. The van der Waals surface area contributed by atoms with Crippen LogP contribution in [-0.2, 0) is 9.53 Å². The van der Waals surface area contributed by atoms with Crippen molar-refractivity contribution >= 4 is 17.8 Å². The molecular weight excluding hydrogens is 344 g/mol. The number of hydrogen-bond acceptors (Lipinski definition) is 4. The maximum absolute atomic E-state index is 12.2. The van der Waals surface area contributed by atoms with Crippen LogP contribution in [0, 0.1) is 12.8 Å². The zero-order valence-electron chi connectivity index (χ0n) is 16.5. The maximum Gasteiger partial charge on any atom is 0.308 e. The summed E-state index contributed by atoms with van der Waals surface area (Å²) in [5.74, 6) is 0.585. The first kappa shape index (κ1) is 20.7. The standard InChI is InChI=1S/C20H30N4O3/c1-4-21-20(24-12-8-16(9-13-24)19(26)27-3)23-11-10-22-18(25)17-7-5-6-15(2)14-17/h5-7,14,16H,4,8-13H2,1-3H3,(H,21,23)(H,22,25). The van der Waals surface area contributed by atoms with Crippen LogP contribution in [-0.4, -0.2) is 62.6 Å². The molecule has 1 amide bonds. The molecule has 0 saturated carbocycles. The van der Waals surface area contributed by atoms with E-state index in [1.54, 1.807) is 6.07 Å². The summed E-state index contributed by atoms with van der Waals surface area (Å²) in [7, 11) is 1.44. The Balaban J connectivity index is 1.83. The van der Waals surface area contributed by atoms with Gasteiger partial charge in [0.15, 0.2) is 5.96 Å². The fourth-order valence-electron chi connectivity index (χ4n) is 3.14. The van der Waals surface area contributed by atoms with Crippen molar-refractivity contribution < 1.29 is 14.3 Å². The van der Waals surface area contributed by atoms with Gasteiger partial charge in [0, 0.05) is 31.7 Å². The minimum absolute atomic E-state index is 0.0252. The molecule has 27 heavy (non-hydrogen) atoms. The fraction of sp³-hybridized carbons (Fsp3) is 0.550. The van der Waals surface area contributed by atoms with Crippen molar-refractivity contribution in [1.82, 2.24) is 15.5 Å². The van der Waals surface area contributed by atoms with Gasteiger partial charge < -0.3 is 20.3 Å². The molecule has 0 atom stereocenters. The van der Waals surface area contributed by atoms with Crippen molar-refractivity contribution in [2.45, 2.75) is 26.7 Å². The van der Waals surface area contributed by atoms with E-state index in [0.29, 0.717) is 18.7 Å². The highest BCUT2D eigenvalue weighted by atomic mass is 16.5. The number of nitrogens with one attached hydrogen (secondary N) is 2. The van der Waals surface area contributed by atoms with E-state index in [0.717, 1.165) is 44.0 Å². The van der Waals surface area contributed by atoms with Gasteiger partial charge in [-0.1, -0.05) is 17.7 Å². The van der Waals surface area contributed by atoms with Crippen molar-refractivity contribution in [3.63, 3.8) is 0 Å². The lowest BCUT2D eigenvalue weighted by molar-refractivity contribution is -0.146. The monoisotopic (exact) mass is 374 g/mol. The van der Waals surface area contributed by atoms with Crippen LogP contribution in [0.5, 0.6) is 0 Å². The average molecular weight is 374 g/mol. The number of rotatable bonds is 6. The van der Waals surface area contributed by atoms with Gasteiger partial charge in [0.1, 0.15) is 0 Å². The van der Waals surface area contributed by atoms with Crippen LogP contribution in [0.3, 0.4) is 0 Å². The van der Waals surface area contributed by atoms with Gasteiger partial charge in [-0.15, -0.1) is 0 Å². The molecule has 7 nitrogen and oxygen atoms in total. The van der Waals surface area contributed by atoms with Crippen LogP contribution >= 0.6 is 0 Å². The van der Waals surface area contributed by atoms with E-state index >= 15 is 0 Å². The second-order valence-electron chi connectivity index (χ2n) is 6.65. The molecule has 1 saturated heterocycles. The Morgan fingerprint density at radius 3 is 2.63 bits per heavy atom. The third-order valence-corrected chi connectivity index (χ3v) is 4.60. The Morgan fingerprint density at radius 2 is 2.00 bits per heavy atom. The molecule has 0 radical (unpaired) electrons. The molecule has 1 aromatic carbocycles. The number of guanidine groups is 1. The summed E-state index contributed by atoms with van der Waals surface area (Å²) < 4.78 is 4.84. The van der Waals surface area contributed by atoms with Gasteiger partial charge >= 0.3 is 5.97 Å². The van der Waals surface area contributed by atoms with E-state index in [2.05, 4.69) is 20.5 Å². The Bertz CT molecular complexity index is 667. The number of amides is 1. The number of esters is 1. The molecule has 1 heterocycles. The Morgan fingerprint density at radius 1 is 1.26 bits per heavy atom. The molecule has 1 aromatic rings. The molecule has 1 aliphatic rings. The van der Waals surface area contributed by atoms with E-state index in [-0.39, 0.29) is 17.8 Å². The van der Waals surface area contributed by atoms with Crippen LogP contribution in [0.2, 0.25) is 0 Å². The quantitative estimate of drug-likeness (QED) is 0.342. The van der Waals surface area contributed by atoms with Crippen LogP contribution in [0.4, 0.5) is 0 Å². The molecule has 2 N–H and O–H groups in total. The second kappa shape index (κ2) is 10.5. The molecule has 0 spiro atoms. The smallest absolute Gasteiger partial charge is 0.308 e. The van der Waals surface area contributed by atoms with Crippen LogP contribution in [0.15, 0.2) is 29.3 Å². The first-order valence-electron chi connectivity index (χ1n) is 9.51. The molecule has 1 aliphatic heterocycles. The van der Waals surface area contributed by atoms with Gasteiger partial charge in [0.25, 0.3) is 5.91 Å². The van der Waals surface area contributed by atoms with Crippen molar-refractivity contribution in [3.05, 3.63) is 35.4 Å². The summed E-state index contributed by atoms with van der Waals surface area (Å²) in [5, 5.41) is 6.19. The highest BCUT2D eigenvalue weighted by Gasteiger charge is 2.26. The summed E-state index contributed by atoms with van der Waals surface area (Å²) in [5.41, 5.74) is 1.72. The topological polar surface area (TPSA) is 83.0 Å². The first-order valence-corrected chi connectivity index (χ1v) is 9.51. The highest BCUT2D eigenvalue weighted by Crippen LogP contribution is 2.18. The van der Waals surface area contributed by atoms with Crippen LogP contribution in [0.1, 0.15) is 35.7 Å². The second-order valence-corrected chi connectivity index (χ2v) is 6.65. The number of carbonyl (C=O) groups is 2. The van der Waals surface area contributed by atoms with Gasteiger partial charge in [-0.05, 0) is 38.8 Å². The van der Waals surface area contributed by atoms with Crippen molar-refractivity contribution in [2.24, 2.45) is 10.9 Å². The van der Waals surface area contributed by atoms with E-state index in [1.807, 2.05) is 32.0 Å². The molecular formula is C20H30N4O3. The van der Waals surface area contributed by atoms with Crippen molar-refractivity contribution in [2.75, 3.05) is 39.8 Å².